The van der Waals surface area contributed by atoms with E-state index in [9.17, 15) is 4.79 Å². The van der Waals surface area contributed by atoms with Gasteiger partial charge in [0, 0.05) is 7.05 Å². The molecule has 25 heavy (non-hydrogen) atoms. The van der Waals surface area contributed by atoms with Crippen LogP contribution in [0.25, 0.3) is 0 Å². The van der Waals surface area contributed by atoms with Crippen LogP contribution in [0, 0.1) is 6.92 Å². The zero-order chi connectivity index (χ0) is 18.0. The first-order valence-corrected chi connectivity index (χ1v) is 8.71. The van der Waals surface area contributed by atoms with Crippen molar-refractivity contribution in [2.24, 2.45) is 7.05 Å². The molecular weight excluding hydrogens is 316 g/mol. The average molecular weight is 342 g/mol. The Bertz CT molecular complexity index is 769. The fourth-order valence-electron chi connectivity index (χ4n) is 3.67. The molecule has 0 spiro atoms. The molecule has 6 heteroatoms. The van der Waals surface area contributed by atoms with Gasteiger partial charge in [0.15, 0.2) is 0 Å². The Morgan fingerprint density at radius 2 is 2.04 bits per heavy atom. The van der Waals surface area contributed by atoms with Crippen molar-refractivity contribution in [3.8, 4) is 5.88 Å². The van der Waals surface area contributed by atoms with Crippen molar-refractivity contribution in [1.82, 2.24) is 20.4 Å². The van der Waals surface area contributed by atoms with Crippen molar-refractivity contribution in [2.45, 2.75) is 45.2 Å². The summed E-state index contributed by atoms with van der Waals surface area (Å²) < 4.78 is 7.05. The number of amides is 2. The molecule has 1 aromatic heterocycles. The molecule has 1 aliphatic carbocycles. The fraction of sp³-hybridized carbons (Fsp3) is 0.474. The Kier molecular flexibility index (Phi) is 4.97. The summed E-state index contributed by atoms with van der Waals surface area (Å²) in [5.74, 6) is 1.22. The normalized spacial score (nSPS) is 19.2. The van der Waals surface area contributed by atoms with Gasteiger partial charge in [-0.1, -0.05) is 31.2 Å². The molecule has 0 radical (unpaired) electrons. The van der Waals surface area contributed by atoms with Crippen molar-refractivity contribution in [3.63, 3.8) is 0 Å². The Labute approximate surface area is 148 Å². The summed E-state index contributed by atoms with van der Waals surface area (Å²) in [5.41, 5.74) is 4.32. The van der Waals surface area contributed by atoms with Gasteiger partial charge >= 0.3 is 6.03 Å². The third-order valence-corrected chi connectivity index (χ3v) is 5.00. The van der Waals surface area contributed by atoms with E-state index in [2.05, 4.69) is 40.9 Å². The SMILES string of the molecule is COc1c(CNC(=O)N[C@H]2CC[C@@H](C)c3ccccc32)c(C)nn1C. The van der Waals surface area contributed by atoms with Crippen LogP contribution in [0.4, 0.5) is 4.79 Å². The molecule has 2 amide bonds. The number of urea groups is 1. The number of aromatic nitrogens is 2. The lowest BCUT2D eigenvalue weighted by atomic mass is 9.81. The Balaban J connectivity index is 1.65. The summed E-state index contributed by atoms with van der Waals surface area (Å²) in [6.45, 7) is 4.54. The van der Waals surface area contributed by atoms with Gasteiger partial charge in [0.2, 0.25) is 5.88 Å². The fourth-order valence-corrected chi connectivity index (χ4v) is 3.67. The molecular formula is C19H26N4O2. The maximum Gasteiger partial charge on any atom is 0.315 e. The lowest BCUT2D eigenvalue weighted by Gasteiger charge is -2.30. The van der Waals surface area contributed by atoms with Crippen LogP contribution in [-0.4, -0.2) is 22.9 Å². The minimum Gasteiger partial charge on any atom is -0.481 e. The first-order chi connectivity index (χ1) is 12.0. The molecule has 3 rings (SSSR count). The zero-order valence-electron chi connectivity index (χ0n) is 15.3. The number of hydrogen-bond donors (Lipinski definition) is 2. The van der Waals surface area contributed by atoms with Crippen LogP contribution in [0.5, 0.6) is 5.88 Å². The highest BCUT2D eigenvalue weighted by Gasteiger charge is 2.25. The van der Waals surface area contributed by atoms with Gasteiger partial charge in [0.05, 0.1) is 31.0 Å². The molecule has 0 bridgehead atoms. The second kappa shape index (κ2) is 7.17. The molecule has 2 aromatic rings. The number of methoxy groups -OCH3 is 1. The number of nitrogens with one attached hydrogen (secondary N) is 2. The van der Waals surface area contributed by atoms with E-state index in [0.29, 0.717) is 18.3 Å². The second-order valence-electron chi connectivity index (χ2n) is 6.68. The van der Waals surface area contributed by atoms with Gasteiger partial charge in [0.25, 0.3) is 0 Å². The van der Waals surface area contributed by atoms with Crippen LogP contribution in [-0.2, 0) is 13.6 Å². The maximum atomic E-state index is 12.4. The van der Waals surface area contributed by atoms with Gasteiger partial charge in [-0.3, -0.25) is 0 Å². The molecule has 0 fully saturated rings. The highest BCUT2D eigenvalue weighted by atomic mass is 16.5. The van der Waals surface area contributed by atoms with E-state index in [4.69, 9.17) is 4.74 Å². The van der Waals surface area contributed by atoms with Crippen LogP contribution >= 0.6 is 0 Å². The highest BCUT2D eigenvalue weighted by Crippen LogP contribution is 2.36. The lowest BCUT2D eigenvalue weighted by Crippen LogP contribution is -2.39. The molecule has 0 saturated heterocycles. The van der Waals surface area contributed by atoms with Crippen molar-refractivity contribution in [2.75, 3.05) is 7.11 Å². The third kappa shape index (κ3) is 3.48. The summed E-state index contributed by atoms with van der Waals surface area (Å²) in [6.07, 6.45) is 2.04. The molecule has 134 valence electrons. The number of carbonyl (C=O) groups excluding carboxylic acids is 1. The standard InChI is InChI=1S/C19H26N4O2/c1-12-9-10-17(15-8-6-5-7-14(12)15)21-19(24)20-11-16-13(2)22-23(3)18(16)25-4/h5-8,12,17H,9-11H2,1-4H3,(H2,20,21,24)/t12-,17+/m1/s1. The number of carbonyl (C=O) groups is 1. The maximum absolute atomic E-state index is 12.4. The summed E-state index contributed by atoms with van der Waals surface area (Å²) in [6, 6.07) is 8.27. The van der Waals surface area contributed by atoms with Crippen molar-refractivity contribution in [1.29, 1.82) is 0 Å². The first kappa shape index (κ1) is 17.3. The van der Waals surface area contributed by atoms with Gasteiger partial charge in [-0.2, -0.15) is 5.10 Å². The molecule has 1 heterocycles. The van der Waals surface area contributed by atoms with E-state index in [1.807, 2.05) is 20.0 Å². The van der Waals surface area contributed by atoms with E-state index in [-0.39, 0.29) is 12.1 Å². The van der Waals surface area contributed by atoms with Crippen LogP contribution in [0.2, 0.25) is 0 Å². The minimum atomic E-state index is -0.167. The van der Waals surface area contributed by atoms with Gasteiger partial charge in [-0.15, -0.1) is 0 Å². The molecule has 2 N–H and O–H groups in total. The number of rotatable bonds is 4. The Morgan fingerprint density at radius 1 is 1.32 bits per heavy atom. The summed E-state index contributed by atoms with van der Waals surface area (Å²) >= 11 is 0. The van der Waals surface area contributed by atoms with E-state index in [1.54, 1.807) is 11.8 Å². The second-order valence-corrected chi connectivity index (χ2v) is 6.68. The topological polar surface area (TPSA) is 68.2 Å². The summed E-state index contributed by atoms with van der Waals surface area (Å²) in [4.78, 5) is 12.4. The van der Waals surface area contributed by atoms with Gasteiger partial charge in [-0.25, -0.2) is 9.48 Å². The third-order valence-electron chi connectivity index (χ3n) is 5.00. The number of ether oxygens (including phenoxy) is 1. The summed E-state index contributed by atoms with van der Waals surface area (Å²) in [5, 5.41) is 10.4. The zero-order valence-corrected chi connectivity index (χ0v) is 15.3. The molecule has 0 unspecified atom stereocenters. The Hall–Kier alpha value is -2.50. The van der Waals surface area contributed by atoms with E-state index in [1.165, 1.54) is 11.1 Å². The molecule has 0 saturated carbocycles. The smallest absolute Gasteiger partial charge is 0.315 e. The highest BCUT2D eigenvalue weighted by molar-refractivity contribution is 5.74. The Morgan fingerprint density at radius 3 is 2.76 bits per heavy atom. The van der Waals surface area contributed by atoms with Crippen molar-refractivity contribution < 1.29 is 9.53 Å². The van der Waals surface area contributed by atoms with Crippen LogP contribution in [0.3, 0.4) is 0 Å². The van der Waals surface area contributed by atoms with Crippen molar-refractivity contribution >= 4 is 6.03 Å². The predicted molar refractivity (Wildman–Crippen MR) is 96.7 cm³/mol. The number of nitrogens with zero attached hydrogens (tertiary/aromatic N) is 2. The van der Waals surface area contributed by atoms with Crippen molar-refractivity contribution in [3.05, 3.63) is 46.6 Å². The largest absolute Gasteiger partial charge is 0.481 e. The minimum absolute atomic E-state index is 0.0595. The molecule has 6 nitrogen and oxygen atoms in total. The quantitative estimate of drug-likeness (QED) is 0.897. The van der Waals surface area contributed by atoms with Gasteiger partial charge in [-0.05, 0) is 36.8 Å². The van der Waals surface area contributed by atoms with E-state index >= 15 is 0 Å². The number of fused-ring (bicyclic) bond motifs is 1. The van der Waals surface area contributed by atoms with E-state index in [0.717, 1.165) is 24.1 Å². The van der Waals surface area contributed by atoms with Crippen LogP contribution < -0.4 is 15.4 Å². The predicted octanol–water partition coefficient (Wildman–Crippen LogP) is 3.17. The van der Waals surface area contributed by atoms with E-state index < -0.39 is 0 Å². The summed E-state index contributed by atoms with van der Waals surface area (Å²) in [7, 11) is 3.44. The first-order valence-electron chi connectivity index (χ1n) is 8.71. The lowest BCUT2D eigenvalue weighted by molar-refractivity contribution is 0.234. The van der Waals surface area contributed by atoms with Crippen LogP contribution in [0.15, 0.2) is 24.3 Å². The monoisotopic (exact) mass is 342 g/mol. The average Bonchev–Trinajstić information content (AvgIpc) is 2.88. The van der Waals surface area contributed by atoms with Gasteiger partial charge in [0.1, 0.15) is 0 Å². The molecule has 1 aromatic carbocycles. The molecule has 0 aliphatic heterocycles. The van der Waals surface area contributed by atoms with Crippen LogP contribution in [0.1, 0.15) is 54.1 Å². The number of benzene rings is 1. The number of hydrogen-bond acceptors (Lipinski definition) is 3. The number of aryl methyl sites for hydroxylation is 2. The molecule has 1 aliphatic rings. The van der Waals surface area contributed by atoms with Gasteiger partial charge < -0.3 is 15.4 Å². The molecule has 2 atom stereocenters.